The van der Waals surface area contributed by atoms with Gasteiger partial charge in [0.2, 0.25) is 0 Å². The summed E-state index contributed by atoms with van der Waals surface area (Å²) in [6.07, 6.45) is 0. The predicted molar refractivity (Wildman–Crippen MR) is 118 cm³/mol. The number of aromatic nitrogens is 1. The Hall–Kier alpha value is -2.52. The average molecular weight is 445 g/mol. The van der Waals surface area contributed by atoms with Crippen molar-refractivity contribution in [3.8, 4) is 11.3 Å². The van der Waals surface area contributed by atoms with Gasteiger partial charge < -0.3 is 9.30 Å². The maximum atomic E-state index is 11.2. The molecule has 4 rings (SSSR count). The second-order valence-electron chi connectivity index (χ2n) is 6.90. The third-order valence-corrected chi connectivity index (χ3v) is 6.06. The first-order valence-corrected chi connectivity index (χ1v) is 10.9. The van der Waals surface area contributed by atoms with Crippen molar-refractivity contribution in [2.45, 2.75) is 6.54 Å². The van der Waals surface area contributed by atoms with Crippen LogP contribution in [0.5, 0.6) is 0 Å². The maximum Gasteiger partial charge on any atom is 0.270 e. The molecule has 3 aromatic rings. The molecule has 0 bridgehead atoms. The Balaban J connectivity index is 1.72. The van der Waals surface area contributed by atoms with E-state index in [9.17, 15) is 10.1 Å². The van der Waals surface area contributed by atoms with Crippen LogP contribution >= 0.6 is 22.9 Å². The number of non-ortho nitro benzene ring substituents is 1. The van der Waals surface area contributed by atoms with Crippen molar-refractivity contribution in [3.05, 3.63) is 73.8 Å². The smallest absolute Gasteiger partial charge is 0.270 e. The second-order valence-corrected chi connectivity index (χ2v) is 8.18. The standard InChI is InChI=1S/C21H21ClN4O3S/c22-17-4-6-18(7-5-17)23-21-25(9-8-24-10-12-29-13-11-24)20(15-30-21)16-2-1-3-19(14-16)26(27)28/h1-7,14-15H,8-13H2. The zero-order valence-electron chi connectivity index (χ0n) is 16.2. The SMILES string of the molecule is O=[N+]([O-])c1cccc(-c2csc(=Nc3ccc(Cl)cc3)n2CCN2CCOCC2)c1. The molecule has 9 heteroatoms. The van der Waals surface area contributed by atoms with E-state index in [1.165, 1.54) is 17.4 Å². The van der Waals surface area contributed by atoms with E-state index in [-0.39, 0.29) is 10.6 Å². The third-order valence-electron chi connectivity index (χ3n) is 4.95. The normalized spacial score (nSPS) is 15.4. The first-order valence-electron chi connectivity index (χ1n) is 9.64. The highest BCUT2D eigenvalue weighted by Gasteiger charge is 2.15. The summed E-state index contributed by atoms with van der Waals surface area (Å²) < 4.78 is 7.57. The minimum absolute atomic E-state index is 0.0784. The van der Waals surface area contributed by atoms with Gasteiger partial charge in [-0.3, -0.25) is 15.0 Å². The van der Waals surface area contributed by atoms with E-state index in [0.29, 0.717) is 5.02 Å². The van der Waals surface area contributed by atoms with Crippen molar-refractivity contribution >= 4 is 34.3 Å². The topological polar surface area (TPSA) is 72.9 Å². The van der Waals surface area contributed by atoms with Crippen molar-refractivity contribution in [1.29, 1.82) is 0 Å². The van der Waals surface area contributed by atoms with E-state index in [1.807, 2.05) is 35.7 Å². The molecule has 7 nitrogen and oxygen atoms in total. The summed E-state index contributed by atoms with van der Waals surface area (Å²) in [6, 6.07) is 14.1. The number of nitro groups is 1. The fourth-order valence-electron chi connectivity index (χ4n) is 3.34. The zero-order chi connectivity index (χ0) is 20.9. The Morgan fingerprint density at radius 1 is 1.13 bits per heavy atom. The van der Waals surface area contributed by atoms with Crippen LogP contribution in [-0.2, 0) is 11.3 Å². The number of thiazole rings is 1. The Morgan fingerprint density at radius 2 is 1.90 bits per heavy atom. The molecule has 1 fully saturated rings. The number of halogens is 1. The number of hydrogen-bond acceptors (Lipinski definition) is 6. The number of nitrogens with zero attached hydrogens (tertiary/aromatic N) is 4. The van der Waals surface area contributed by atoms with Gasteiger partial charge in [0.15, 0.2) is 4.80 Å². The molecule has 0 unspecified atom stereocenters. The average Bonchev–Trinajstić information content (AvgIpc) is 3.17. The fourth-order valence-corrected chi connectivity index (χ4v) is 4.42. The summed E-state index contributed by atoms with van der Waals surface area (Å²) in [5, 5.41) is 13.9. The van der Waals surface area contributed by atoms with Gasteiger partial charge >= 0.3 is 0 Å². The van der Waals surface area contributed by atoms with Gasteiger partial charge in [-0.25, -0.2) is 4.99 Å². The van der Waals surface area contributed by atoms with E-state index < -0.39 is 0 Å². The van der Waals surface area contributed by atoms with Crippen molar-refractivity contribution in [1.82, 2.24) is 9.47 Å². The lowest BCUT2D eigenvalue weighted by molar-refractivity contribution is -0.384. The molecule has 1 aliphatic heterocycles. The van der Waals surface area contributed by atoms with Crippen LogP contribution in [0.1, 0.15) is 0 Å². The molecular weight excluding hydrogens is 424 g/mol. The summed E-state index contributed by atoms with van der Waals surface area (Å²) in [5.74, 6) is 0. The lowest BCUT2D eigenvalue weighted by atomic mass is 10.1. The highest BCUT2D eigenvalue weighted by molar-refractivity contribution is 7.07. The van der Waals surface area contributed by atoms with E-state index in [4.69, 9.17) is 21.3 Å². The molecule has 0 aliphatic carbocycles. The van der Waals surface area contributed by atoms with Crippen LogP contribution in [0.3, 0.4) is 0 Å². The van der Waals surface area contributed by atoms with Gasteiger partial charge in [0.1, 0.15) is 0 Å². The molecule has 0 atom stereocenters. The van der Waals surface area contributed by atoms with E-state index in [1.54, 1.807) is 12.1 Å². The lowest BCUT2D eigenvalue weighted by Crippen LogP contribution is -2.39. The molecular formula is C21H21ClN4O3S. The quantitative estimate of drug-likeness (QED) is 0.418. The van der Waals surface area contributed by atoms with Crippen molar-refractivity contribution in [3.63, 3.8) is 0 Å². The van der Waals surface area contributed by atoms with Gasteiger partial charge in [-0.15, -0.1) is 11.3 Å². The summed E-state index contributed by atoms with van der Waals surface area (Å²) in [5.41, 5.74) is 2.62. The second kappa shape index (κ2) is 9.53. The summed E-state index contributed by atoms with van der Waals surface area (Å²) in [7, 11) is 0. The Kier molecular flexibility index (Phi) is 6.59. The van der Waals surface area contributed by atoms with E-state index in [2.05, 4.69) is 9.47 Å². The molecule has 156 valence electrons. The third kappa shape index (κ3) is 4.96. The first kappa shape index (κ1) is 20.7. The summed E-state index contributed by atoms with van der Waals surface area (Å²) in [6.45, 7) is 4.88. The van der Waals surface area contributed by atoms with Crippen LogP contribution in [0, 0.1) is 10.1 Å². The number of morpholine rings is 1. The maximum absolute atomic E-state index is 11.2. The minimum atomic E-state index is -0.368. The van der Waals surface area contributed by atoms with Crippen LogP contribution in [0.25, 0.3) is 11.3 Å². The van der Waals surface area contributed by atoms with Crippen LogP contribution in [0.2, 0.25) is 5.02 Å². The van der Waals surface area contributed by atoms with Gasteiger partial charge in [0, 0.05) is 54.3 Å². The molecule has 2 heterocycles. The molecule has 0 radical (unpaired) electrons. The fraction of sp³-hybridized carbons (Fsp3) is 0.286. The van der Waals surface area contributed by atoms with Crippen LogP contribution < -0.4 is 4.80 Å². The van der Waals surface area contributed by atoms with Gasteiger partial charge in [0.25, 0.3) is 5.69 Å². The molecule has 1 saturated heterocycles. The molecule has 0 N–H and O–H groups in total. The molecule has 0 saturated carbocycles. The van der Waals surface area contributed by atoms with Crippen molar-refractivity contribution in [2.24, 2.45) is 4.99 Å². The Labute approximate surface area is 183 Å². The van der Waals surface area contributed by atoms with Crippen LogP contribution in [0.15, 0.2) is 58.9 Å². The number of hydrogen-bond donors (Lipinski definition) is 0. The summed E-state index contributed by atoms with van der Waals surface area (Å²) >= 11 is 7.51. The monoisotopic (exact) mass is 444 g/mol. The lowest BCUT2D eigenvalue weighted by Gasteiger charge is -2.26. The van der Waals surface area contributed by atoms with Crippen molar-refractivity contribution < 1.29 is 9.66 Å². The predicted octanol–water partition coefficient (Wildman–Crippen LogP) is 4.34. The summed E-state index contributed by atoms with van der Waals surface area (Å²) in [4.78, 5) is 18.9. The van der Waals surface area contributed by atoms with Crippen LogP contribution in [0.4, 0.5) is 11.4 Å². The number of nitro benzene ring substituents is 1. The van der Waals surface area contributed by atoms with Gasteiger partial charge in [-0.05, 0) is 24.3 Å². The highest BCUT2D eigenvalue weighted by Crippen LogP contribution is 2.25. The van der Waals surface area contributed by atoms with Crippen molar-refractivity contribution in [2.75, 3.05) is 32.8 Å². The zero-order valence-corrected chi connectivity index (χ0v) is 17.8. The molecule has 30 heavy (non-hydrogen) atoms. The Bertz CT molecular complexity index is 1090. The van der Waals surface area contributed by atoms with E-state index in [0.717, 1.165) is 61.1 Å². The van der Waals surface area contributed by atoms with Gasteiger partial charge in [-0.1, -0.05) is 23.7 Å². The molecule has 0 amide bonds. The van der Waals surface area contributed by atoms with E-state index >= 15 is 0 Å². The highest BCUT2D eigenvalue weighted by atomic mass is 35.5. The first-order chi connectivity index (χ1) is 14.6. The minimum Gasteiger partial charge on any atom is -0.379 e. The number of benzene rings is 2. The largest absolute Gasteiger partial charge is 0.379 e. The number of ether oxygens (including phenoxy) is 1. The van der Waals surface area contributed by atoms with Gasteiger partial charge in [0.05, 0.1) is 29.5 Å². The molecule has 0 spiro atoms. The molecule has 1 aliphatic rings. The molecule has 1 aromatic heterocycles. The van der Waals surface area contributed by atoms with Gasteiger partial charge in [-0.2, -0.15) is 0 Å². The Morgan fingerprint density at radius 3 is 2.63 bits per heavy atom. The molecule has 2 aromatic carbocycles. The number of rotatable bonds is 6. The van der Waals surface area contributed by atoms with Crippen LogP contribution in [-0.4, -0.2) is 47.2 Å².